The van der Waals surface area contributed by atoms with Gasteiger partial charge in [0.2, 0.25) is 5.91 Å². The van der Waals surface area contributed by atoms with Crippen molar-refractivity contribution in [3.63, 3.8) is 0 Å². The van der Waals surface area contributed by atoms with E-state index in [-0.39, 0.29) is 30.2 Å². The number of hydrogen-bond acceptors (Lipinski definition) is 8. The van der Waals surface area contributed by atoms with Gasteiger partial charge in [-0.15, -0.1) is 0 Å². The van der Waals surface area contributed by atoms with E-state index in [9.17, 15) is 22.8 Å². The van der Waals surface area contributed by atoms with Gasteiger partial charge in [0.1, 0.15) is 17.5 Å². The molecule has 0 saturated carbocycles. The number of aromatic amines is 1. The SMILES string of the molecule is CC(CCOC[C@@H]1CCCN1c1cn[nH]c(=O)c1C(F)(F)F)C(=O)N1CCN(c2ccc(C#N)cn2)CC1. The monoisotopic (exact) mass is 533 g/mol. The molecule has 2 aromatic heterocycles. The Hall–Kier alpha value is -3.66. The first kappa shape index (κ1) is 27.4. The molecule has 2 fully saturated rings. The lowest BCUT2D eigenvalue weighted by molar-refractivity contribution is -0.138. The third-order valence-corrected chi connectivity index (χ3v) is 7.03. The number of anilines is 2. The number of pyridine rings is 1. The van der Waals surface area contributed by atoms with Crippen LogP contribution in [-0.4, -0.2) is 78.0 Å². The molecule has 0 bridgehead atoms. The molecule has 2 atom stereocenters. The van der Waals surface area contributed by atoms with E-state index < -0.39 is 17.3 Å². The second-order valence-corrected chi connectivity index (χ2v) is 9.54. The lowest BCUT2D eigenvalue weighted by Gasteiger charge is -2.36. The summed E-state index contributed by atoms with van der Waals surface area (Å²) < 4.78 is 46.3. The molecule has 1 N–H and O–H groups in total. The fourth-order valence-corrected chi connectivity index (χ4v) is 4.92. The van der Waals surface area contributed by atoms with Crippen molar-refractivity contribution in [2.75, 3.05) is 55.7 Å². The van der Waals surface area contributed by atoms with Crippen LogP contribution in [0.2, 0.25) is 0 Å². The number of nitriles is 1. The van der Waals surface area contributed by atoms with E-state index in [0.717, 1.165) is 12.0 Å². The van der Waals surface area contributed by atoms with Crippen molar-refractivity contribution >= 4 is 17.4 Å². The molecular weight excluding hydrogens is 503 g/mol. The maximum absolute atomic E-state index is 13.5. The highest BCUT2D eigenvalue weighted by atomic mass is 19.4. The summed E-state index contributed by atoms with van der Waals surface area (Å²) in [5.74, 6) is 0.549. The predicted octanol–water partition coefficient (Wildman–Crippen LogP) is 2.42. The Labute approximate surface area is 218 Å². The first-order chi connectivity index (χ1) is 18.2. The van der Waals surface area contributed by atoms with Gasteiger partial charge in [0.05, 0.1) is 30.1 Å². The molecule has 4 rings (SSSR count). The number of ether oxygens (including phenoxy) is 1. The van der Waals surface area contributed by atoms with Gasteiger partial charge in [-0.1, -0.05) is 6.92 Å². The minimum absolute atomic E-state index is 0.0351. The first-order valence-electron chi connectivity index (χ1n) is 12.6. The molecule has 4 heterocycles. The number of aromatic nitrogens is 3. The molecule has 2 aliphatic rings. The molecule has 38 heavy (non-hydrogen) atoms. The van der Waals surface area contributed by atoms with Gasteiger partial charge in [-0.3, -0.25) is 9.59 Å². The lowest BCUT2D eigenvalue weighted by Crippen LogP contribution is -2.50. The zero-order chi connectivity index (χ0) is 27.3. The quantitative estimate of drug-likeness (QED) is 0.514. The second kappa shape index (κ2) is 11.8. The zero-order valence-corrected chi connectivity index (χ0v) is 21.1. The lowest BCUT2D eigenvalue weighted by atomic mass is 10.1. The molecule has 2 saturated heterocycles. The van der Waals surface area contributed by atoms with E-state index in [4.69, 9.17) is 10.00 Å². The number of alkyl halides is 3. The highest BCUT2D eigenvalue weighted by Gasteiger charge is 2.40. The fourth-order valence-electron chi connectivity index (χ4n) is 4.92. The molecule has 0 spiro atoms. The van der Waals surface area contributed by atoms with Gasteiger partial charge in [0.15, 0.2) is 0 Å². The zero-order valence-electron chi connectivity index (χ0n) is 21.1. The Morgan fingerprint density at radius 3 is 2.66 bits per heavy atom. The number of halogens is 3. The third-order valence-electron chi connectivity index (χ3n) is 7.03. The number of piperazine rings is 1. The van der Waals surface area contributed by atoms with Gasteiger partial charge in [-0.25, -0.2) is 10.1 Å². The van der Waals surface area contributed by atoms with Crippen molar-refractivity contribution in [1.29, 1.82) is 5.26 Å². The summed E-state index contributed by atoms with van der Waals surface area (Å²) in [5, 5.41) is 14.3. The molecule has 0 aliphatic carbocycles. The maximum atomic E-state index is 13.5. The van der Waals surface area contributed by atoms with Crippen LogP contribution in [-0.2, 0) is 15.7 Å². The summed E-state index contributed by atoms with van der Waals surface area (Å²) in [4.78, 5) is 34.5. The van der Waals surface area contributed by atoms with E-state index in [1.807, 2.05) is 23.0 Å². The smallest absolute Gasteiger partial charge is 0.379 e. The van der Waals surface area contributed by atoms with Crippen LogP contribution < -0.4 is 15.4 Å². The number of rotatable bonds is 8. The van der Waals surface area contributed by atoms with Crippen LogP contribution in [0.25, 0.3) is 0 Å². The molecule has 2 aliphatic heterocycles. The standard InChI is InChI=1S/C25H30F3N7O3/c1-17(24(37)34-10-8-33(9-11-34)21-5-4-18(13-29)14-30-21)6-12-38-16-19-3-2-7-35(19)20-15-31-32-23(36)22(20)25(26,27)28/h4-5,14-15,17,19H,2-3,6-12,16H2,1H3,(H,32,36)/t17?,19-/m0/s1. The highest BCUT2D eigenvalue weighted by molar-refractivity contribution is 5.78. The van der Waals surface area contributed by atoms with Crippen LogP contribution in [0.3, 0.4) is 0 Å². The number of H-pyrrole nitrogens is 1. The number of carbonyl (C=O) groups excluding carboxylic acids is 1. The number of amides is 1. The molecule has 0 aromatic carbocycles. The average molecular weight is 534 g/mol. The molecule has 204 valence electrons. The van der Waals surface area contributed by atoms with Gasteiger partial charge in [-0.2, -0.15) is 23.5 Å². The number of carbonyl (C=O) groups is 1. The molecular formula is C25H30F3N7O3. The first-order valence-corrected chi connectivity index (χ1v) is 12.6. The molecule has 0 radical (unpaired) electrons. The van der Waals surface area contributed by atoms with Crippen molar-refractivity contribution in [3.05, 3.63) is 46.0 Å². The minimum atomic E-state index is -4.79. The van der Waals surface area contributed by atoms with Crippen LogP contribution >= 0.6 is 0 Å². The maximum Gasteiger partial charge on any atom is 0.423 e. The summed E-state index contributed by atoms with van der Waals surface area (Å²) in [7, 11) is 0. The molecule has 1 unspecified atom stereocenters. The number of hydrogen-bond donors (Lipinski definition) is 1. The van der Waals surface area contributed by atoms with Gasteiger partial charge >= 0.3 is 6.18 Å². The highest BCUT2D eigenvalue weighted by Crippen LogP contribution is 2.36. The van der Waals surface area contributed by atoms with Crippen LogP contribution in [0.1, 0.15) is 37.3 Å². The Morgan fingerprint density at radius 2 is 2.00 bits per heavy atom. The summed E-state index contributed by atoms with van der Waals surface area (Å²) >= 11 is 0. The fraction of sp³-hybridized carbons (Fsp3) is 0.560. The third kappa shape index (κ3) is 6.24. The Bertz CT molecular complexity index is 1200. The van der Waals surface area contributed by atoms with Crippen molar-refractivity contribution in [2.45, 2.75) is 38.4 Å². The average Bonchev–Trinajstić information content (AvgIpc) is 3.38. The summed E-state index contributed by atoms with van der Waals surface area (Å²) in [6, 6.07) is 5.26. The van der Waals surface area contributed by atoms with Crippen LogP contribution in [0.4, 0.5) is 24.7 Å². The topological polar surface area (TPSA) is 118 Å². The second-order valence-electron chi connectivity index (χ2n) is 9.54. The molecule has 10 nitrogen and oxygen atoms in total. The predicted molar refractivity (Wildman–Crippen MR) is 133 cm³/mol. The van der Waals surface area contributed by atoms with Gasteiger partial charge in [-0.05, 0) is 31.4 Å². The van der Waals surface area contributed by atoms with Gasteiger partial charge < -0.3 is 19.4 Å². The van der Waals surface area contributed by atoms with Crippen LogP contribution in [0, 0.1) is 17.2 Å². The normalized spacial score (nSPS) is 18.9. The van der Waals surface area contributed by atoms with Crippen LogP contribution in [0.15, 0.2) is 29.3 Å². The summed E-state index contributed by atoms with van der Waals surface area (Å²) in [5.41, 5.74) is -2.24. The van der Waals surface area contributed by atoms with E-state index in [0.29, 0.717) is 64.2 Å². The van der Waals surface area contributed by atoms with E-state index >= 15 is 0 Å². The van der Waals surface area contributed by atoms with Gasteiger partial charge in [0, 0.05) is 51.4 Å². The molecule has 1 amide bonds. The summed E-state index contributed by atoms with van der Waals surface area (Å²) in [6.45, 7) is 5.13. The Balaban J connectivity index is 1.23. The van der Waals surface area contributed by atoms with Crippen molar-refractivity contribution < 1.29 is 22.7 Å². The van der Waals surface area contributed by atoms with Crippen molar-refractivity contribution in [3.8, 4) is 6.07 Å². The van der Waals surface area contributed by atoms with Gasteiger partial charge in [0.25, 0.3) is 5.56 Å². The van der Waals surface area contributed by atoms with E-state index in [1.54, 1.807) is 17.0 Å². The largest absolute Gasteiger partial charge is 0.423 e. The number of nitrogens with zero attached hydrogens (tertiary/aromatic N) is 6. The Kier molecular flexibility index (Phi) is 8.51. The van der Waals surface area contributed by atoms with E-state index in [1.165, 1.54) is 6.20 Å². The van der Waals surface area contributed by atoms with Crippen LogP contribution in [0.5, 0.6) is 0 Å². The summed E-state index contributed by atoms with van der Waals surface area (Å²) in [6.07, 6.45) is -0.414. The molecule has 13 heteroatoms. The Morgan fingerprint density at radius 1 is 1.24 bits per heavy atom. The van der Waals surface area contributed by atoms with Crippen molar-refractivity contribution in [1.82, 2.24) is 20.1 Å². The number of nitrogens with one attached hydrogen (secondary N) is 1. The minimum Gasteiger partial charge on any atom is -0.379 e. The van der Waals surface area contributed by atoms with Crippen molar-refractivity contribution in [2.24, 2.45) is 5.92 Å². The molecule has 2 aromatic rings. The van der Waals surface area contributed by atoms with E-state index in [2.05, 4.69) is 15.0 Å².